The van der Waals surface area contributed by atoms with Crippen LogP contribution in [0, 0.1) is 0 Å². The van der Waals surface area contributed by atoms with Gasteiger partial charge in [0, 0.05) is 30.9 Å². The van der Waals surface area contributed by atoms with Crippen molar-refractivity contribution in [2.75, 3.05) is 26.7 Å². The first-order valence-corrected chi connectivity index (χ1v) is 10.1. The highest BCUT2D eigenvalue weighted by atomic mass is 32.1. The normalized spacial score (nSPS) is 18.8. The van der Waals surface area contributed by atoms with Crippen molar-refractivity contribution in [3.8, 4) is 0 Å². The lowest BCUT2D eigenvalue weighted by atomic mass is 10.1. The highest BCUT2D eigenvalue weighted by molar-refractivity contribution is 7.09. The molecule has 1 fully saturated rings. The summed E-state index contributed by atoms with van der Waals surface area (Å²) in [5.74, 6) is -0.748. The van der Waals surface area contributed by atoms with E-state index in [4.69, 9.17) is 10.1 Å². The largest absolute Gasteiger partial charge is 0.480 e. The Labute approximate surface area is 159 Å². The number of rotatable bonds is 7. The molecule has 1 atom stereocenters. The molecule has 0 saturated carbocycles. The third-order valence-electron chi connectivity index (χ3n) is 4.98. The van der Waals surface area contributed by atoms with E-state index in [0.29, 0.717) is 6.04 Å². The van der Waals surface area contributed by atoms with Gasteiger partial charge in [-0.1, -0.05) is 30.3 Å². The van der Waals surface area contributed by atoms with E-state index in [-0.39, 0.29) is 6.54 Å². The Morgan fingerprint density at radius 3 is 2.88 bits per heavy atom. The molecule has 1 aliphatic rings. The fraction of sp³-hybridized carbons (Fsp3) is 0.500. The van der Waals surface area contributed by atoms with E-state index in [0.717, 1.165) is 51.0 Å². The number of aromatic nitrogens is 1. The second-order valence-corrected chi connectivity index (χ2v) is 8.01. The first-order chi connectivity index (χ1) is 12.6. The molecule has 0 radical (unpaired) electrons. The van der Waals surface area contributed by atoms with E-state index in [1.54, 1.807) is 11.3 Å². The average Bonchev–Trinajstić information content (AvgIpc) is 2.90. The molecule has 3 rings (SSSR count). The Morgan fingerprint density at radius 1 is 1.31 bits per heavy atom. The van der Waals surface area contributed by atoms with Crippen molar-refractivity contribution in [2.24, 2.45) is 0 Å². The van der Waals surface area contributed by atoms with Crippen LogP contribution in [0.15, 0.2) is 35.7 Å². The van der Waals surface area contributed by atoms with Crippen LogP contribution in [0.3, 0.4) is 0 Å². The van der Waals surface area contributed by atoms with Crippen LogP contribution < -0.4 is 0 Å². The molecule has 1 unspecified atom stereocenters. The van der Waals surface area contributed by atoms with Crippen molar-refractivity contribution >= 4 is 17.3 Å². The maximum absolute atomic E-state index is 10.9. The van der Waals surface area contributed by atoms with Gasteiger partial charge in [0.05, 0.1) is 17.2 Å². The van der Waals surface area contributed by atoms with E-state index in [9.17, 15) is 4.79 Å². The number of aliphatic carboxylic acids is 1. The number of carbonyl (C=O) groups is 1. The number of carboxylic acid groups (broad SMARTS) is 1. The fourth-order valence-electron chi connectivity index (χ4n) is 3.58. The molecule has 6 heteroatoms. The number of carboxylic acids is 1. The summed E-state index contributed by atoms with van der Waals surface area (Å²) in [6, 6.07) is 10.8. The van der Waals surface area contributed by atoms with Gasteiger partial charge in [-0.05, 0) is 38.4 Å². The maximum Gasteiger partial charge on any atom is 0.317 e. The molecule has 1 saturated heterocycles. The summed E-state index contributed by atoms with van der Waals surface area (Å²) < 4.78 is 0. The molecular weight excluding hydrogens is 346 g/mol. The number of likely N-dealkylation sites (tertiary alicyclic amines) is 1. The SMILES string of the molecule is CN(CC(=O)O)C1CCCN(Cc2csc(Cc3ccccc3)n2)CC1. The van der Waals surface area contributed by atoms with Crippen LogP contribution in [0.2, 0.25) is 0 Å². The average molecular weight is 374 g/mol. The molecule has 1 N–H and O–H groups in total. The zero-order valence-corrected chi connectivity index (χ0v) is 16.1. The molecule has 1 aliphatic heterocycles. The van der Waals surface area contributed by atoms with Crippen LogP contribution in [0.5, 0.6) is 0 Å². The van der Waals surface area contributed by atoms with Gasteiger partial charge < -0.3 is 5.11 Å². The standard InChI is InChI=1S/C20H27N3O2S/c1-22(14-20(24)25)18-8-5-10-23(11-9-18)13-17-15-26-19(21-17)12-16-6-3-2-4-7-16/h2-4,6-7,15,18H,5,8-14H2,1H3,(H,24,25). The third-order valence-corrected chi connectivity index (χ3v) is 5.88. The summed E-state index contributed by atoms with van der Waals surface area (Å²) in [6.07, 6.45) is 4.09. The molecule has 2 heterocycles. The van der Waals surface area contributed by atoms with Gasteiger partial charge in [-0.15, -0.1) is 11.3 Å². The van der Waals surface area contributed by atoms with Crippen molar-refractivity contribution in [1.29, 1.82) is 0 Å². The lowest BCUT2D eigenvalue weighted by Gasteiger charge is -2.25. The Bertz CT molecular complexity index is 704. The number of hydrogen-bond donors (Lipinski definition) is 1. The number of thiazole rings is 1. The predicted molar refractivity (Wildman–Crippen MR) is 105 cm³/mol. The van der Waals surface area contributed by atoms with Crippen LogP contribution in [0.4, 0.5) is 0 Å². The minimum atomic E-state index is -0.748. The number of nitrogens with zero attached hydrogens (tertiary/aromatic N) is 3. The molecule has 26 heavy (non-hydrogen) atoms. The van der Waals surface area contributed by atoms with Gasteiger partial charge in [0.1, 0.15) is 0 Å². The van der Waals surface area contributed by atoms with Crippen molar-refractivity contribution in [2.45, 2.75) is 38.3 Å². The first kappa shape index (κ1) is 19.0. The van der Waals surface area contributed by atoms with Crippen LogP contribution >= 0.6 is 11.3 Å². The van der Waals surface area contributed by atoms with Gasteiger partial charge in [0.2, 0.25) is 0 Å². The number of benzene rings is 1. The van der Waals surface area contributed by atoms with Gasteiger partial charge in [-0.25, -0.2) is 4.98 Å². The van der Waals surface area contributed by atoms with Crippen molar-refractivity contribution in [3.05, 3.63) is 52.0 Å². The van der Waals surface area contributed by atoms with E-state index in [2.05, 4.69) is 34.5 Å². The van der Waals surface area contributed by atoms with Gasteiger partial charge >= 0.3 is 5.97 Å². The zero-order chi connectivity index (χ0) is 18.4. The van der Waals surface area contributed by atoms with Gasteiger partial charge in [0.25, 0.3) is 0 Å². The third kappa shape index (κ3) is 5.62. The van der Waals surface area contributed by atoms with Gasteiger partial charge in [-0.3, -0.25) is 14.6 Å². The van der Waals surface area contributed by atoms with Gasteiger partial charge in [0.15, 0.2) is 0 Å². The van der Waals surface area contributed by atoms with Gasteiger partial charge in [-0.2, -0.15) is 0 Å². The molecule has 0 amide bonds. The minimum absolute atomic E-state index is 0.125. The summed E-state index contributed by atoms with van der Waals surface area (Å²) in [4.78, 5) is 20.2. The monoisotopic (exact) mass is 373 g/mol. The van der Waals surface area contributed by atoms with E-state index >= 15 is 0 Å². The summed E-state index contributed by atoms with van der Waals surface area (Å²) in [7, 11) is 1.92. The molecule has 2 aromatic rings. The molecule has 0 spiro atoms. The highest BCUT2D eigenvalue weighted by Crippen LogP contribution is 2.20. The van der Waals surface area contributed by atoms with Crippen LogP contribution in [-0.4, -0.2) is 58.6 Å². The summed E-state index contributed by atoms with van der Waals surface area (Å²) >= 11 is 1.74. The smallest absolute Gasteiger partial charge is 0.317 e. The van der Waals surface area contributed by atoms with Crippen LogP contribution in [-0.2, 0) is 17.8 Å². The number of likely N-dealkylation sites (N-methyl/N-ethyl adjacent to an activating group) is 1. The Morgan fingerprint density at radius 2 is 2.12 bits per heavy atom. The summed E-state index contributed by atoms with van der Waals surface area (Å²) in [5.41, 5.74) is 2.45. The Balaban J connectivity index is 1.51. The van der Waals surface area contributed by atoms with E-state index < -0.39 is 5.97 Å². The van der Waals surface area contributed by atoms with Crippen molar-refractivity contribution in [1.82, 2.24) is 14.8 Å². The second kappa shape index (κ2) is 9.26. The summed E-state index contributed by atoms with van der Waals surface area (Å²) in [5, 5.41) is 12.3. The van der Waals surface area contributed by atoms with Crippen molar-refractivity contribution < 1.29 is 9.90 Å². The van der Waals surface area contributed by atoms with Crippen LogP contribution in [0.1, 0.15) is 35.5 Å². The first-order valence-electron chi connectivity index (χ1n) is 9.22. The van der Waals surface area contributed by atoms with Crippen molar-refractivity contribution in [3.63, 3.8) is 0 Å². The molecule has 0 aliphatic carbocycles. The molecule has 1 aromatic heterocycles. The summed E-state index contributed by atoms with van der Waals surface area (Å²) in [6.45, 7) is 3.07. The molecule has 140 valence electrons. The fourth-order valence-corrected chi connectivity index (χ4v) is 4.40. The molecule has 5 nitrogen and oxygen atoms in total. The molecule has 1 aromatic carbocycles. The Kier molecular flexibility index (Phi) is 6.77. The second-order valence-electron chi connectivity index (χ2n) is 7.06. The lowest BCUT2D eigenvalue weighted by molar-refractivity contribution is -0.138. The lowest BCUT2D eigenvalue weighted by Crippen LogP contribution is -2.36. The topological polar surface area (TPSA) is 56.7 Å². The zero-order valence-electron chi connectivity index (χ0n) is 15.3. The molecule has 0 bridgehead atoms. The highest BCUT2D eigenvalue weighted by Gasteiger charge is 2.22. The van der Waals surface area contributed by atoms with E-state index in [1.807, 2.05) is 18.0 Å². The minimum Gasteiger partial charge on any atom is -0.480 e. The Hall–Kier alpha value is -1.76. The van der Waals surface area contributed by atoms with Crippen LogP contribution in [0.25, 0.3) is 0 Å². The maximum atomic E-state index is 10.9. The quantitative estimate of drug-likeness (QED) is 0.808. The van der Waals surface area contributed by atoms with E-state index in [1.165, 1.54) is 10.6 Å². The number of hydrogen-bond acceptors (Lipinski definition) is 5. The predicted octanol–water partition coefficient (Wildman–Crippen LogP) is 3.10. The molecular formula is C20H27N3O2S.